The summed E-state index contributed by atoms with van der Waals surface area (Å²) >= 11 is 25.3. The zero-order chi connectivity index (χ0) is 16.1. The highest BCUT2D eigenvalue weighted by atomic mass is 35.5. The Morgan fingerprint density at radius 2 is 1.55 bits per heavy atom. The van der Waals surface area contributed by atoms with Crippen LogP contribution >= 0.6 is 58.2 Å². The number of amides is 1. The lowest BCUT2D eigenvalue weighted by Crippen LogP contribution is -2.12. The fraction of sp³-hybridized carbons (Fsp3) is 0.133. The predicted octanol–water partition coefficient (Wildman–Crippen LogP) is 6.42. The molecule has 0 aromatic heterocycles. The number of rotatable bonds is 5. The lowest BCUT2D eigenvalue weighted by Gasteiger charge is -2.09. The Kier molecular flexibility index (Phi) is 6.72. The Balaban J connectivity index is 1.87. The van der Waals surface area contributed by atoms with Gasteiger partial charge < -0.3 is 5.32 Å². The molecule has 1 N–H and O–H groups in total. The Morgan fingerprint density at radius 3 is 2.14 bits per heavy atom. The number of benzene rings is 2. The van der Waals surface area contributed by atoms with E-state index >= 15 is 0 Å². The van der Waals surface area contributed by atoms with E-state index in [-0.39, 0.29) is 5.91 Å². The summed E-state index contributed by atoms with van der Waals surface area (Å²) in [5.74, 6) is 0.476. The van der Waals surface area contributed by atoms with Crippen LogP contribution in [0, 0.1) is 0 Å². The quantitative estimate of drug-likeness (QED) is 0.592. The van der Waals surface area contributed by atoms with Gasteiger partial charge in [-0.25, -0.2) is 0 Å². The van der Waals surface area contributed by atoms with Crippen LogP contribution in [0.1, 0.15) is 6.42 Å². The van der Waals surface area contributed by atoms with Crippen molar-refractivity contribution in [2.75, 3.05) is 11.1 Å². The molecule has 2 nitrogen and oxygen atoms in total. The third-order valence-electron chi connectivity index (χ3n) is 2.68. The van der Waals surface area contributed by atoms with Gasteiger partial charge in [0.15, 0.2) is 0 Å². The molecule has 1 amide bonds. The van der Waals surface area contributed by atoms with E-state index in [0.717, 1.165) is 4.90 Å². The zero-order valence-electron chi connectivity index (χ0n) is 11.2. The lowest BCUT2D eigenvalue weighted by atomic mass is 10.3. The standard InChI is InChI=1S/C15H11Cl4NOS/c16-9-1-3-11(4-2-9)22-6-5-14(21)20-15-12(18)7-10(17)8-13(15)19/h1-4,7-8H,5-6H2,(H,20,21). The van der Waals surface area contributed by atoms with Gasteiger partial charge in [-0.3, -0.25) is 4.79 Å². The fourth-order valence-corrected chi connectivity index (χ4v) is 3.55. The molecule has 0 radical (unpaired) electrons. The number of nitrogens with one attached hydrogen (secondary N) is 1. The van der Waals surface area contributed by atoms with Crippen LogP contribution < -0.4 is 5.32 Å². The van der Waals surface area contributed by atoms with E-state index in [4.69, 9.17) is 46.4 Å². The Hall–Kier alpha value is -0.580. The Bertz CT molecular complexity index is 653. The van der Waals surface area contributed by atoms with Gasteiger partial charge in [0.2, 0.25) is 5.91 Å². The second kappa shape index (κ2) is 8.32. The number of hydrogen-bond acceptors (Lipinski definition) is 2. The van der Waals surface area contributed by atoms with Crippen molar-refractivity contribution in [2.45, 2.75) is 11.3 Å². The van der Waals surface area contributed by atoms with Crippen molar-refractivity contribution in [3.05, 3.63) is 56.5 Å². The van der Waals surface area contributed by atoms with Crippen LogP contribution in [0.5, 0.6) is 0 Å². The molecule has 0 unspecified atom stereocenters. The number of hydrogen-bond donors (Lipinski definition) is 1. The van der Waals surface area contributed by atoms with Crippen LogP contribution in [0.15, 0.2) is 41.3 Å². The second-order valence-corrected chi connectivity index (χ2v) is 7.20. The van der Waals surface area contributed by atoms with Gasteiger partial charge in [0, 0.05) is 27.1 Å². The minimum atomic E-state index is -0.160. The van der Waals surface area contributed by atoms with Crippen LogP contribution in [-0.2, 0) is 4.79 Å². The molecule has 0 saturated heterocycles. The van der Waals surface area contributed by atoms with Crippen LogP contribution in [0.25, 0.3) is 0 Å². The lowest BCUT2D eigenvalue weighted by molar-refractivity contribution is -0.115. The van der Waals surface area contributed by atoms with Gasteiger partial charge in [0.1, 0.15) is 0 Å². The first-order valence-corrected chi connectivity index (χ1v) is 8.78. The molecule has 0 bridgehead atoms. The van der Waals surface area contributed by atoms with Gasteiger partial charge in [-0.1, -0.05) is 46.4 Å². The van der Waals surface area contributed by atoms with E-state index in [0.29, 0.717) is 38.0 Å². The summed E-state index contributed by atoms with van der Waals surface area (Å²) in [4.78, 5) is 13.0. The van der Waals surface area contributed by atoms with Crippen molar-refractivity contribution in [1.29, 1.82) is 0 Å². The average Bonchev–Trinajstić information content (AvgIpc) is 2.45. The van der Waals surface area contributed by atoms with Gasteiger partial charge in [0.05, 0.1) is 15.7 Å². The highest BCUT2D eigenvalue weighted by Crippen LogP contribution is 2.33. The first-order chi connectivity index (χ1) is 10.5. The van der Waals surface area contributed by atoms with E-state index in [1.807, 2.05) is 24.3 Å². The number of carbonyl (C=O) groups is 1. The fourth-order valence-electron chi connectivity index (χ4n) is 1.66. The van der Waals surface area contributed by atoms with Crippen molar-refractivity contribution < 1.29 is 4.79 Å². The SMILES string of the molecule is O=C(CCSc1ccc(Cl)cc1)Nc1c(Cl)cc(Cl)cc1Cl. The monoisotopic (exact) mass is 393 g/mol. The van der Waals surface area contributed by atoms with Crippen molar-refractivity contribution in [3.8, 4) is 0 Å². The van der Waals surface area contributed by atoms with E-state index in [2.05, 4.69) is 5.32 Å². The topological polar surface area (TPSA) is 29.1 Å². The molecule has 2 rings (SSSR count). The second-order valence-electron chi connectivity index (χ2n) is 4.34. The molecule has 2 aromatic rings. The summed E-state index contributed by atoms with van der Waals surface area (Å²) in [6, 6.07) is 10.5. The maximum absolute atomic E-state index is 12.0. The minimum absolute atomic E-state index is 0.160. The summed E-state index contributed by atoms with van der Waals surface area (Å²) in [7, 11) is 0. The summed E-state index contributed by atoms with van der Waals surface area (Å²) in [5.41, 5.74) is 0.384. The average molecular weight is 395 g/mol. The van der Waals surface area contributed by atoms with Crippen molar-refractivity contribution >= 4 is 69.8 Å². The van der Waals surface area contributed by atoms with Crippen molar-refractivity contribution in [3.63, 3.8) is 0 Å². The third kappa shape index (κ3) is 5.25. The number of thioether (sulfide) groups is 1. The largest absolute Gasteiger partial charge is 0.324 e. The molecule has 0 aliphatic heterocycles. The van der Waals surface area contributed by atoms with Gasteiger partial charge in [0.25, 0.3) is 0 Å². The number of carbonyl (C=O) groups excluding carboxylic acids is 1. The summed E-state index contributed by atoms with van der Waals surface area (Å²) in [5, 5.41) is 4.45. The van der Waals surface area contributed by atoms with E-state index < -0.39 is 0 Å². The van der Waals surface area contributed by atoms with Crippen molar-refractivity contribution in [2.24, 2.45) is 0 Å². The zero-order valence-corrected chi connectivity index (χ0v) is 15.0. The molecule has 0 aliphatic rings. The van der Waals surface area contributed by atoms with Gasteiger partial charge in [-0.2, -0.15) is 0 Å². The predicted molar refractivity (Wildman–Crippen MR) is 96.9 cm³/mol. The van der Waals surface area contributed by atoms with E-state index in [9.17, 15) is 4.79 Å². The molecule has 0 aliphatic carbocycles. The smallest absolute Gasteiger partial charge is 0.225 e. The molecule has 0 heterocycles. The molecule has 0 saturated carbocycles. The maximum atomic E-state index is 12.0. The van der Waals surface area contributed by atoms with Crippen LogP contribution in [-0.4, -0.2) is 11.7 Å². The first-order valence-electron chi connectivity index (χ1n) is 6.28. The molecule has 22 heavy (non-hydrogen) atoms. The molecule has 0 fully saturated rings. The maximum Gasteiger partial charge on any atom is 0.225 e. The highest BCUT2D eigenvalue weighted by Gasteiger charge is 2.11. The van der Waals surface area contributed by atoms with E-state index in [1.54, 1.807) is 11.8 Å². The Morgan fingerprint density at radius 1 is 0.955 bits per heavy atom. The summed E-state index contributed by atoms with van der Waals surface area (Å²) in [6.45, 7) is 0. The van der Waals surface area contributed by atoms with Crippen molar-refractivity contribution in [1.82, 2.24) is 0 Å². The van der Waals surface area contributed by atoms with E-state index in [1.165, 1.54) is 12.1 Å². The molecule has 116 valence electrons. The van der Waals surface area contributed by atoms with Gasteiger partial charge in [-0.05, 0) is 36.4 Å². The number of anilines is 1. The highest BCUT2D eigenvalue weighted by molar-refractivity contribution is 7.99. The molecule has 7 heteroatoms. The molecular weight excluding hydrogens is 384 g/mol. The molecule has 2 aromatic carbocycles. The molecular formula is C15H11Cl4NOS. The van der Waals surface area contributed by atoms with Crippen LogP contribution in [0.3, 0.4) is 0 Å². The summed E-state index contributed by atoms with van der Waals surface area (Å²) < 4.78 is 0. The van der Waals surface area contributed by atoms with Crippen LogP contribution in [0.2, 0.25) is 20.1 Å². The Labute approximate surface area is 153 Å². The van der Waals surface area contributed by atoms with Gasteiger partial charge >= 0.3 is 0 Å². The molecule has 0 spiro atoms. The minimum Gasteiger partial charge on any atom is -0.324 e. The van der Waals surface area contributed by atoms with Gasteiger partial charge in [-0.15, -0.1) is 11.8 Å². The summed E-state index contributed by atoms with van der Waals surface area (Å²) in [6.07, 6.45) is 0.336. The number of halogens is 4. The molecule has 0 atom stereocenters. The normalized spacial score (nSPS) is 10.5. The van der Waals surface area contributed by atoms with Crippen LogP contribution in [0.4, 0.5) is 5.69 Å². The first kappa shape index (κ1) is 17.8. The third-order valence-corrected chi connectivity index (χ3v) is 4.76.